The van der Waals surface area contributed by atoms with Crippen molar-refractivity contribution in [3.63, 3.8) is 0 Å². The lowest BCUT2D eigenvalue weighted by Gasteiger charge is -2.37. The standard InChI is InChI=1S/C26H30FN3O2S/c1-18-7-11-25(30-15-13-29(2)14-16-30)23-17-19(8-9-20(18)23)28-33(31,32)26-12-10-24(27)21-5-3-4-6-22(21)26/h3-7,10-12,19,28H,8-9,13-17H2,1-2H3/t19-/m1/s1. The molecule has 1 aliphatic carbocycles. The summed E-state index contributed by atoms with van der Waals surface area (Å²) < 4.78 is 43.9. The van der Waals surface area contributed by atoms with Crippen molar-refractivity contribution in [2.45, 2.75) is 37.1 Å². The van der Waals surface area contributed by atoms with E-state index in [0.29, 0.717) is 17.2 Å². The van der Waals surface area contributed by atoms with Crippen molar-refractivity contribution in [1.82, 2.24) is 9.62 Å². The number of anilines is 1. The summed E-state index contributed by atoms with van der Waals surface area (Å²) in [6, 6.07) is 13.5. The van der Waals surface area contributed by atoms with Crippen LogP contribution >= 0.6 is 0 Å². The van der Waals surface area contributed by atoms with Gasteiger partial charge in [0.05, 0.1) is 4.90 Å². The number of likely N-dealkylation sites (N-methyl/N-ethyl adjacent to an activating group) is 1. The van der Waals surface area contributed by atoms with E-state index >= 15 is 0 Å². The molecular formula is C26H30FN3O2S. The summed E-state index contributed by atoms with van der Waals surface area (Å²) in [6.07, 6.45) is 2.26. The fraction of sp³-hybridized carbons (Fsp3) is 0.385. The first-order valence-electron chi connectivity index (χ1n) is 11.6. The van der Waals surface area contributed by atoms with Gasteiger partial charge in [-0.15, -0.1) is 0 Å². The van der Waals surface area contributed by atoms with Crippen LogP contribution in [0, 0.1) is 12.7 Å². The van der Waals surface area contributed by atoms with Gasteiger partial charge in [-0.2, -0.15) is 0 Å². The van der Waals surface area contributed by atoms with Crippen LogP contribution in [0.3, 0.4) is 0 Å². The van der Waals surface area contributed by atoms with Crippen LogP contribution in [0.25, 0.3) is 10.8 Å². The molecule has 0 amide bonds. The predicted molar refractivity (Wildman–Crippen MR) is 131 cm³/mol. The second-order valence-electron chi connectivity index (χ2n) is 9.30. The number of hydrogen-bond donors (Lipinski definition) is 1. The third-order valence-corrected chi connectivity index (χ3v) is 8.70. The number of sulfonamides is 1. The first-order chi connectivity index (χ1) is 15.8. The molecule has 0 radical (unpaired) electrons. The van der Waals surface area contributed by atoms with E-state index in [-0.39, 0.29) is 10.9 Å². The SMILES string of the molecule is Cc1ccc(N2CCN(C)CC2)c2c1CC[C@@H](NS(=O)(=O)c1ccc(F)c3ccccc13)C2. The van der Waals surface area contributed by atoms with Crippen molar-refractivity contribution in [3.05, 3.63) is 71.0 Å². The van der Waals surface area contributed by atoms with E-state index in [0.717, 1.165) is 39.0 Å². The lowest BCUT2D eigenvalue weighted by atomic mass is 9.84. The van der Waals surface area contributed by atoms with Crippen LogP contribution in [0.15, 0.2) is 53.4 Å². The number of hydrogen-bond acceptors (Lipinski definition) is 4. The third kappa shape index (κ3) is 4.25. The Kier molecular flexibility index (Phi) is 5.89. The molecule has 0 saturated carbocycles. The van der Waals surface area contributed by atoms with Gasteiger partial charge in [0.1, 0.15) is 5.82 Å². The highest BCUT2D eigenvalue weighted by Gasteiger charge is 2.29. The molecule has 174 valence electrons. The Balaban J connectivity index is 1.44. The largest absolute Gasteiger partial charge is 0.369 e. The van der Waals surface area contributed by atoms with Gasteiger partial charge in [-0.05, 0) is 68.1 Å². The van der Waals surface area contributed by atoms with Crippen molar-refractivity contribution in [3.8, 4) is 0 Å². The van der Waals surface area contributed by atoms with E-state index in [9.17, 15) is 12.8 Å². The molecule has 1 fully saturated rings. The van der Waals surface area contributed by atoms with Crippen molar-refractivity contribution in [2.75, 3.05) is 38.1 Å². The maximum atomic E-state index is 14.2. The normalized spacial score (nSPS) is 19.6. The summed E-state index contributed by atoms with van der Waals surface area (Å²) in [6.45, 7) is 6.14. The van der Waals surface area contributed by atoms with Gasteiger partial charge in [0.2, 0.25) is 10.0 Å². The van der Waals surface area contributed by atoms with Crippen LogP contribution in [0.1, 0.15) is 23.1 Å². The monoisotopic (exact) mass is 467 g/mol. The topological polar surface area (TPSA) is 52.6 Å². The van der Waals surface area contributed by atoms with Gasteiger partial charge in [0.25, 0.3) is 0 Å². The molecule has 5 nitrogen and oxygen atoms in total. The molecule has 1 atom stereocenters. The zero-order valence-corrected chi connectivity index (χ0v) is 20.0. The van der Waals surface area contributed by atoms with Crippen LogP contribution in [-0.4, -0.2) is 52.6 Å². The predicted octanol–water partition coefficient (Wildman–Crippen LogP) is 3.87. The molecule has 3 aromatic carbocycles. The Labute approximate surface area is 195 Å². The molecule has 2 aliphatic rings. The van der Waals surface area contributed by atoms with Crippen LogP contribution in [0.2, 0.25) is 0 Å². The van der Waals surface area contributed by atoms with E-state index < -0.39 is 15.8 Å². The molecule has 3 aromatic rings. The number of rotatable bonds is 4. The second kappa shape index (κ2) is 8.70. The molecule has 0 aromatic heterocycles. The first-order valence-corrected chi connectivity index (χ1v) is 13.1. The van der Waals surface area contributed by atoms with Crippen molar-refractivity contribution >= 4 is 26.5 Å². The Hall–Kier alpha value is -2.48. The summed E-state index contributed by atoms with van der Waals surface area (Å²) >= 11 is 0. The number of nitrogens with one attached hydrogen (secondary N) is 1. The van der Waals surface area contributed by atoms with Crippen molar-refractivity contribution < 1.29 is 12.8 Å². The molecule has 0 bridgehead atoms. The molecule has 33 heavy (non-hydrogen) atoms. The van der Waals surface area contributed by atoms with Crippen molar-refractivity contribution in [2.24, 2.45) is 0 Å². The smallest absolute Gasteiger partial charge is 0.241 e. The van der Waals surface area contributed by atoms with Crippen LogP contribution in [0.5, 0.6) is 0 Å². The highest BCUT2D eigenvalue weighted by molar-refractivity contribution is 7.89. The van der Waals surface area contributed by atoms with Crippen molar-refractivity contribution in [1.29, 1.82) is 0 Å². The fourth-order valence-corrected chi connectivity index (χ4v) is 6.72. The number of aryl methyl sites for hydroxylation is 1. The Morgan fingerprint density at radius 2 is 1.67 bits per heavy atom. The lowest BCUT2D eigenvalue weighted by molar-refractivity contribution is 0.312. The van der Waals surface area contributed by atoms with Crippen LogP contribution in [-0.2, 0) is 22.9 Å². The number of halogens is 1. The summed E-state index contributed by atoms with van der Waals surface area (Å²) in [4.78, 5) is 4.90. The van der Waals surface area contributed by atoms with Crippen LogP contribution in [0.4, 0.5) is 10.1 Å². The van der Waals surface area contributed by atoms with Gasteiger partial charge in [0, 0.05) is 48.7 Å². The van der Waals surface area contributed by atoms with E-state index in [2.05, 4.69) is 40.6 Å². The highest BCUT2D eigenvalue weighted by atomic mass is 32.2. The molecule has 1 N–H and O–H groups in total. The molecule has 0 unspecified atom stereocenters. The van der Waals surface area contributed by atoms with Gasteiger partial charge in [-0.1, -0.05) is 30.3 Å². The lowest BCUT2D eigenvalue weighted by Crippen LogP contribution is -2.45. The molecular weight excluding hydrogens is 437 g/mol. The summed E-state index contributed by atoms with van der Waals surface area (Å²) in [7, 11) is -1.65. The van der Waals surface area contributed by atoms with E-state index in [4.69, 9.17) is 0 Å². The molecule has 1 saturated heterocycles. The minimum Gasteiger partial charge on any atom is -0.369 e. The van der Waals surface area contributed by atoms with Gasteiger partial charge in [-0.25, -0.2) is 17.5 Å². The summed E-state index contributed by atoms with van der Waals surface area (Å²) in [5, 5.41) is 0.734. The molecule has 0 spiro atoms. The third-order valence-electron chi connectivity index (χ3n) is 7.12. The van der Waals surface area contributed by atoms with Gasteiger partial charge in [0.15, 0.2) is 0 Å². The van der Waals surface area contributed by atoms with Gasteiger partial charge in [-0.3, -0.25) is 0 Å². The Morgan fingerprint density at radius 1 is 0.939 bits per heavy atom. The molecule has 1 heterocycles. The Morgan fingerprint density at radius 3 is 2.42 bits per heavy atom. The average molecular weight is 468 g/mol. The van der Waals surface area contributed by atoms with E-state index in [1.54, 1.807) is 24.3 Å². The number of fused-ring (bicyclic) bond motifs is 2. The zero-order chi connectivity index (χ0) is 23.2. The molecule has 5 rings (SSSR count). The minimum absolute atomic E-state index is 0.133. The first kappa shape index (κ1) is 22.3. The highest BCUT2D eigenvalue weighted by Crippen LogP contribution is 2.34. The van der Waals surface area contributed by atoms with Crippen LogP contribution < -0.4 is 9.62 Å². The van der Waals surface area contributed by atoms with E-state index in [1.165, 1.54) is 34.5 Å². The summed E-state index contributed by atoms with van der Waals surface area (Å²) in [5.41, 5.74) is 5.13. The average Bonchev–Trinajstić information content (AvgIpc) is 2.80. The molecule has 7 heteroatoms. The number of benzene rings is 3. The fourth-order valence-electron chi connectivity index (χ4n) is 5.24. The Bertz CT molecular complexity index is 1300. The zero-order valence-electron chi connectivity index (χ0n) is 19.1. The summed E-state index contributed by atoms with van der Waals surface area (Å²) in [5.74, 6) is -0.413. The van der Waals surface area contributed by atoms with E-state index in [1.807, 2.05) is 0 Å². The van der Waals surface area contributed by atoms with Gasteiger partial charge < -0.3 is 9.80 Å². The molecule has 1 aliphatic heterocycles. The maximum absolute atomic E-state index is 14.2. The number of piperazine rings is 1. The number of nitrogens with zero attached hydrogens (tertiary/aromatic N) is 2. The van der Waals surface area contributed by atoms with Gasteiger partial charge >= 0.3 is 0 Å². The minimum atomic E-state index is -3.80. The second-order valence-corrected chi connectivity index (χ2v) is 11.0. The maximum Gasteiger partial charge on any atom is 0.241 e. The quantitative estimate of drug-likeness (QED) is 0.633.